The van der Waals surface area contributed by atoms with Crippen molar-refractivity contribution in [2.45, 2.75) is 32.3 Å². The Bertz CT molecular complexity index is 1050. The maximum atomic E-state index is 12.7. The molecule has 3 aromatic rings. The number of amides is 1. The van der Waals surface area contributed by atoms with Crippen molar-refractivity contribution in [3.8, 4) is 16.9 Å². The molecule has 154 valence electrons. The van der Waals surface area contributed by atoms with E-state index in [0.717, 1.165) is 24.0 Å². The average molecular weight is 403 g/mol. The smallest absolute Gasteiger partial charge is 0.339 e. The minimum Gasteiger partial charge on any atom is -0.490 e. The first-order valence-electron chi connectivity index (χ1n) is 10.3. The van der Waals surface area contributed by atoms with Crippen molar-refractivity contribution in [1.29, 1.82) is 0 Å². The summed E-state index contributed by atoms with van der Waals surface area (Å²) in [5, 5.41) is 0. The molecule has 4 rings (SSSR count). The molecule has 30 heavy (non-hydrogen) atoms. The number of nitrogens with zero attached hydrogens (tertiary/aromatic N) is 1. The van der Waals surface area contributed by atoms with E-state index in [9.17, 15) is 9.59 Å². The average Bonchev–Trinajstić information content (AvgIpc) is 2.75. The number of rotatable bonds is 5. The molecule has 1 amide bonds. The second-order valence-electron chi connectivity index (χ2n) is 7.66. The van der Waals surface area contributed by atoms with Gasteiger partial charge in [-0.1, -0.05) is 54.6 Å². The molecule has 0 atom stereocenters. The van der Waals surface area contributed by atoms with Crippen LogP contribution in [0.15, 0.2) is 75.9 Å². The van der Waals surface area contributed by atoms with Crippen LogP contribution in [0.25, 0.3) is 11.1 Å². The lowest BCUT2D eigenvalue weighted by molar-refractivity contribution is -0.132. The fraction of sp³-hybridized carbons (Fsp3) is 0.280. The molecule has 0 radical (unpaired) electrons. The Morgan fingerprint density at radius 1 is 1.00 bits per heavy atom. The van der Waals surface area contributed by atoms with E-state index in [1.54, 1.807) is 13.0 Å². The largest absolute Gasteiger partial charge is 0.490 e. The van der Waals surface area contributed by atoms with Crippen LogP contribution in [-0.4, -0.2) is 30.0 Å². The van der Waals surface area contributed by atoms with Gasteiger partial charge in [0.25, 0.3) is 0 Å². The molecule has 1 aliphatic heterocycles. The van der Waals surface area contributed by atoms with Crippen LogP contribution >= 0.6 is 0 Å². The van der Waals surface area contributed by atoms with Crippen molar-refractivity contribution in [3.63, 3.8) is 0 Å². The summed E-state index contributed by atoms with van der Waals surface area (Å²) in [7, 11) is 0. The van der Waals surface area contributed by atoms with Gasteiger partial charge < -0.3 is 14.1 Å². The Labute approximate surface area is 175 Å². The summed E-state index contributed by atoms with van der Waals surface area (Å²) < 4.78 is 10.9. The monoisotopic (exact) mass is 403 g/mol. The highest BCUT2D eigenvalue weighted by atomic mass is 16.5. The number of likely N-dealkylation sites (tertiary alicyclic amines) is 1. The minimum absolute atomic E-state index is 0.000376. The second kappa shape index (κ2) is 8.99. The molecule has 5 heteroatoms. The SMILES string of the molecule is Cc1cc(OC2CCN(C(=O)Cc3ccc(-c4ccccc4)cc3)CC2)cc(=O)o1. The Morgan fingerprint density at radius 3 is 2.33 bits per heavy atom. The highest BCUT2D eigenvalue weighted by Gasteiger charge is 2.24. The molecule has 2 aromatic carbocycles. The van der Waals surface area contributed by atoms with Crippen molar-refractivity contribution in [3.05, 3.63) is 88.5 Å². The number of piperidine rings is 1. The van der Waals surface area contributed by atoms with Crippen LogP contribution in [0.3, 0.4) is 0 Å². The molecule has 2 heterocycles. The summed E-state index contributed by atoms with van der Waals surface area (Å²) in [6.45, 7) is 3.04. The van der Waals surface area contributed by atoms with Gasteiger partial charge in [-0.15, -0.1) is 0 Å². The van der Waals surface area contributed by atoms with E-state index in [4.69, 9.17) is 9.15 Å². The molecule has 1 fully saturated rings. The number of hydrogen-bond donors (Lipinski definition) is 0. The Hall–Kier alpha value is -3.34. The first kappa shape index (κ1) is 20.0. The van der Waals surface area contributed by atoms with E-state index in [-0.39, 0.29) is 12.0 Å². The maximum absolute atomic E-state index is 12.7. The van der Waals surface area contributed by atoms with Crippen LogP contribution in [0.5, 0.6) is 5.75 Å². The van der Waals surface area contributed by atoms with E-state index >= 15 is 0 Å². The van der Waals surface area contributed by atoms with Crippen LogP contribution in [0.1, 0.15) is 24.2 Å². The molecule has 5 nitrogen and oxygen atoms in total. The third-order valence-corrected chi connectivity index (χ3v) is 5.38. The molecule has 0 N–H and O–H groups in total. The van der Waals surface area contributed by atoms with Crippen molar-refractivity contribution < 1.29 is 13.9 Å². The van der Waals surface area contributed by atoms with Crippen LogP contribution in [0, 0.1) is 6.92 Å². The zero-order chi connectivity index (χ0) is 20.9. The fourth-order valence-corrected chi connectivity index (χ4v) is 3.79. The van der Waals surface area contributed by atoms with E-state index in [1.165, 1.54) is 11.6 Å². The van der Waals surface area contributed by atoms with E-state index in [2.05, 4.69) is 24.3 Å². The Kier molecular flexibility index (Phi) is 5.98. The summed E-state index contributed by atoms with van der Waals surface area (Å²) in [4.78, 5) is 26.1. The lowest BCUT2D eigenvalue weighted by Crippen LogP contribution is -2.42. The summed E-state index contributed by atoms with van der Waals surface area (Å²) in [6.07, 6.45) is 1.90. The van der Waals surface area contributed by atoms with Gasteiger partial charge in [0.05, 0.1) is 12.5 Å². The first-order chi connectivity index (χ1) is 14.6. The zero-order valence-electron chi connectivity index (χ0n) is 17.0. The standard InChI is InChI=1S/C25H25NO4/c1-18-15-23(17-25(28)29-18)30-22-11-13-26(14-12-22)24(27)16-19-7-9-21(10-8-19)20-5-3-2-4-6-20/h2-10,15,17,22H,11-14,16H2,1H3. The molecule has 0 bridgehead atoms. The maximum Gasteiger partial charge on any atom is 0.339 e. The highest BCUT2D eigenvalue weighted by molar-refractivity contribution is 5.79. The fourth-order valence-electron chi connectivity index (χ4n) is 3.79. The predicted octanol–water partition coefficient (Wildman–Crippen LogP) is 4.23. The molecule has 1 saturated heterocycles. The Morgan fingerprint density at radius 2 is 1.67 bits per heavy atom. The van der Waals surface area contributed by atoms with Crippen molar-refractivity contribution in [1.82, 2.24) is 4.90 Å². The molecule has 0 saturated carbocycles. The first-order valence-corrected chi connectivity index (χ1v) is 10.3. The molecular formula is C25H25NO4. The second-order valence-corrected chi connectivity index (χ2v) is 7.66. The summed E-state index contributed by atoms with van der Waals surface area (Å²) >= 11 is 0. The predicted molar refractivity (Wildman–Crippen MR) is 116 cm³/mol. The zero-order valence-corrected chi connectivity index (χ0v) is 17.0. The van der Waals surface area contributed by atoms with Gasteiger partial charge in [-0.2, -0.15) is 0 Å². The van der Waals surface area contributed by atoms with Gasteiger partial charge in [0, 0.05) is 32.0 Å². The number of benzene rings is 2. The van der Waals surface area contributed by atoms with Gasteiger partial charge in [-0.05, 0) is 23.6 Å². The molecule has 1 aromatic heterocycles. The van der Waals surface area contributed by atoms with Gasteiger partial charge in [0.2, 0.25) is 5.91 Å². The van der Waals surface area contributed by atoms with Gasteiger partial charge in [-0.3, -0.25) is 4.79 Å². The normalized spacial score (nSPS) is 14.5. The number of carbonyl (C=O) groups excluding carboxylic acids is 1. The lowest BCUT2D eigenvalue weighted by atomic mass is 10.0. The topological polar surface area (TPSA) is 59.8 Å². The molecule has 0 spiro atoms. The van der Waals surface area contributed by atoms with Crippen molar-refractivity contribution in [2.24, 2.45) is 0 Å². The summed E-state index contributed by atoms with van der Waals surface area (Å²) in [5.74, 6) is 1.20. The van der Waals surface area contributed by atoms with Crippen molar-refractivity contribution in [2.75, 3.05) is 13.1 Å². The quantitative estimate of drug-likeness (QED) is 0.640. The van der Waals surface area contributed by atoms with Gasteiger partial charge in [-0.25, -0.2) is 4.79 Å². The van der Waals surface area contributed by atoms with E-state index in [1.807, 2.05) is 35.2 Å². The van der Waals surface area contributed by atoms with E-state index < -0.39 is 5.63 Å². The van der Waals surface area contributed by atoms with Crippen molar-refractivity contribution >= 4 is 5.91 Å². The third kappa shape index (κ3) is 4.98. The van der Waals surface area contributed by atoms with Gasteiger partial charge in [0.15, 0.2) is 0 Å². The van der Waals surface area contributed by atoms with Gasteiger partial charge in [0.1, 0.15) is 17.6 Å². The molecule has 0 aliphatic carbocycles. The minimum atomic E-state index is -0.407. The van der Waals surface area contributed by atoms with Crippen LogP contribution < -0.4 is 10.4 Å². The molecular weight excluding hydrogens is 378 g/mol. The number of carbonyl (C=O) groups is 1. The van der Waals surface area contributed by atoms with Crippen LogP contribution in [-0.2, 0) is 11.2 Å². The summed E-state index contributed by atoms with van der Waals surface area (Å²) in [6, 6.07) is 21.5. The summed E-state index contributed by atoms with van der Waals surface area (Å²) in [5.41, 5.74) is 2.93. The number of aryl methyl sites for hydroxylation is 1. The van der Waals surface area contributed by atoms with Crippen LogP contribution in [0.2, 0.25) is 0 Å². The highest BCUT2D eigenvalue weighted by Crippen LogP contribution is 2.21. The molecule has 1 aliphatic rings. The van der Waals surface area contributed by atoms with Gasteiger partial charge >= 0.3 is 5.63 Å². The number of ether oxygens (including phenoxy) is 1. The Balaban J connectivity index is 1.29. The van der Waals surface area contributed by atoms with Crippen LogP contribution in [0.4, 0.5) is 0 Å². The molecule has 0 unspecified atom stereocenters. The lowest BCUT2D eigenvalue weighted by Gasteiger charge is -2.32. The number of hydrogen-bond acceptors (Lipinski definition) is 4. The van der Waals surface area contributed by atoms with E-state index in [0.29, 0.717) is 31.0 Å². The third-order valence-electron chi connectivity index (χ3n) is 5.38.